The molecule has 0 aliphatic carbocycles. The molecule has 14 nitrogen and oxygen atoms in total. The third kappa shape index (κ3) is 11.4. The van der Waals surface area contributed by atoms with Gasteiger partial charge in [0, 0.05) is 70.1 Å². The number of nitrogens with one attached hydrogen (secondary N) is 4. The first-order chi connectivity index (χ1) is 25.6. The number of amides is 4. The molecule has 2 aliphatic heterocycles. The fraction of sp³-hybridized carbons (Fsp3) is 0.378. The smallest absolute Gasteiger partial charge is 0.328 e. The number of thiazole rings is 1. The van der Waals surface area contributed by atoms with Crippen LogP contribution in [0.15, 0.2) is 54.7 Å². The van der Waals surface area contributed by atoms with Crippen LogP contribution in [0.5, 0.6) is 0 Å². The van der Waals surface area contributed by atoms with Gasteiger partial charge in [-0.05, 0) is 69.1 Å². The zero-order chi connectivity index (χ0) is 37.7. The molecule has 0 radical (unpaired) electrons. The zero-order valence-electron chi connectivity index (χ0n) is 30.2. The molecular weight excluding hydrogens is 716 g/mol. The van der Waals surface area contributed by atoms with Gasteiger partial charge in [-0.25, -0.2) is 19.7 Å². The molecule has 4 aromatic rings. The van der Waals surface area contributed by atoms with E-state index in [4.69, 9.17) is 11.6 Å². The first kappa shape index (κ1) is 39.1. The molecule has 0 bridgehead atoms. The van der Waals surface area contributed by atoms with E-state index < -0.39 is 6.03 Å². The van der Waals surface area contributed by atoms with Gasteiger partial charge in [-0.1, -0.05) is 41.5 Å². The fourth-order valence-corrected chi connectivity index (χ4v) is 6.95. The van der Waals surface area contributed by atoms with Crippen LogP contribution in [0.2, 0.25) is 5.02 Å². The maximum absolute atomic E-state index is 12.4. The maximum Gasteiger partial charge on any atom is 0.328 e. The Morgan fingerprint density at radius 2 is 1.77 bits per heavy atom. The Morgan fingerprint density at radius 1 is 1.00 bits per heavy atom. The van der Waals surface area contributed by atoms with Crippen LogP contribution >= 0.6 is 22.9 Å². The number of urea groups is 1. The van der Waals surface area contributed by atoms with Gasteiger partial charge in [0.25, 0.3) is 0 Å². The Hall–Kier alpha value is -5.12. The Balaban J connectivity index is 0.000000469. The summed E-state index contributed by atoms with van der Waals surface area (Å²) in [6.45, 7) is 8.82. The number of unbranched alkanes of at least 4 members (excludes halogenated alkanes) is 2. The summed E-state index contributed by atoms with van der Waals surface area (Å²) >= 11 is 7.15. The van der Waals surface area contributed by atoms with E-state index in [2.05, 4.69) is 46.0 Å². The van der Waals surface area contributed by atoms with Crippen LogP contribution in [0.1, 0.15) is 53.2 Å². The van der Waals surface area contributed by atoms with E-state index in [0.717, 1.165) is 74.8 Å². The van der Waals surface area contributed by atoms with Crippen molar-refractivity contribution in [1.29, 1.82) is 0 Å². The quantitative estimate of drug-likeness (QED) is 0.0899. The second-order valence-corrected chi connectivity index (χ2v) is 14.1. The highest BCUT2D eigenvalue weighted by Crippen LogP contribution is 2.25. The van der Waals surface area contributed by atoms with Gasteiger partial charge in [-0.3, -0.25) is 29.5 Å². The number of piperazine rings is 1. The second-order valence-electron chi connectivity index (χ2n) is 12.6. The number of benzene rings is 2. The SMILES string of the molecule is CNc1c(C)cccc1Cl.Cc1nc(Nc2ncc(C=O)s2)cc(N2CCN(CCCCCC(=O)Nc3ccc(N4CCC(=O)NC4=O)cc3)CC2)n1. The summed E-state index contributed by atoms with van der Waals surface area (Å²) in [7, 11) is 1.87. The van der Waals surface area contributed by atoms with Crippen molar-refractivity contribution < 1.29 is 19.2 Å². The van der Waals surface area contributed by atoms with Crippen LogP contribution in [0, 0.1) is 13.8 Å². The number of carbonyl (C=O) groups is 4. The number of aryl methyl sites for hydroxylation is 2. The number of para-hydroxylation sites is 1. The summed E-state index contributed by atoms with van der Waals surface area (Å²) < 4.78 is 0. The minimum Gasteiger partial charge on any atom is -0.387 e. The number of carbonyl (C=O) groups excluding carboxylic acids is 4. The highest BCUT2D eigenvalue weighted by atomic mass is 35.5. The van der Waals surface area contributed by atoms with Gasteiger partial charge in [-0.2, -0.15) is 0 Å². The van der Waals surface area contributed by atoms with E-state index in [1.54, 1.807) is 24.3 Å². The molecule has 0 saturated carbocycles. The molecule has 4 heterocycles. The molecule has 16 heteroatoms. The normalized spacial score (nSPS) is 14.6. The van der Waals surface area contributed by atoms with Crippen molar-refractivity contribution in [3.05, 3.63) is 76.0 Å². The largest absolute Gasteiger partial charge is 0.387 e. The maximum atomic E-state index is 12.4. The fourth-order valence-electron chi connectivity index (χ4n) is 5.99. The number of aldehydes is 1. The summed E-state index contributed by atoms with van der Waals surface area (Å²) in [5.74, 6) is 1.89. The summed E-state index contributed by atoms with van der Waals surface area (Å²) in [6, 6.07) is 14.4. The van der Waals surface area contributed by atoms with E-state index in [1.807, 2.05) is 45.2 Å². The molecule has 2 saturated heterocycles. The summed E-state index contributed by atoms with van der Waals surface area (Å²) in [4.78, 5) is 66.8. The Bertz CT molecular complexity index is 1860. The summed E-state index contributed by atoms with van der Waals surface area (Å²) in [6.07, 6.45) is 5.85. The number of hydrogen-bond donors (Lipinski definition) is 4. The van der Waals surface area contributed by atoms with E-state index >= 15 is 0 Å². The molecule has 4 N–H and O–H groups in total. The van der Waals surface area contributed by atoms with Crippen LogP contribution in [0.3, 0.4) is 0 Å². The Kier molecular flexibility index (Phi) is 14.1. The molecule has 0 spiro atoms. The first-order valence-corrected chi connectivity index (χ1v) is 18.8. The highest BCUT2D eigenvalue weighted by Gasteiger charge is 2.24. The molecule has 2 fully saturated rings. The minimum atomic E-state index is -0.429. The Labute approximate surface area is 318 Å². The van der Waals surface area contributed by atoms with Crippen molar-refractivity contribution in [2.75, 3.05) is 72.1 Å². The first-order valence-electron chi connectivity index (χ1n) is 17.6. The lowest BCUT2D eigenvalue weighted by Gasteiger charge is -2.35. The molecule has 280 valence electrons. The van der Waals surface area contributed by atoms with E-state index in [1.165, 1.54) is 28.0 Å². The van der Waals surface area contributed by atoms with Gasteiger partial charge in [0.15, 0.2) is 11.4 Å². The van der Waals surface area contributed by atoms with Gasteiger partial charge in [0.2, 0.25) is 11.8 Å². The predicted octanol–water partition coefficient (Wildman–Crippen LogP) is 6.26. The monoisotopic (exact) mass is 760 g/mol. The molecule has 0 atom stereocenters. The molecule has 4 amide bonds. The van der Waals surface area contributed by atoms with Gasteiger partial charge in [-0.15, -0.1) is 0 Å². The zero-order valence-corrected chi connectivity index (χ0v) is 31.7. The molecule has 2 aliphatic rings. The molecule has 2 aromatic carbocycles. The molecule has 6 rings (SSSR count). The number of nitrogens with zero attached hydrogens (tertiary/aromatic N) is 6. The van der Waals surface area contributed by atoms with Crippen LogP contribution in [0.4, 0.5) is 38.6 Å². The third-order valence-corrected chi connectivity index (χ3v) is 9.92. The Morgan fingerprint density at radius 3 is 2.43 bits per heavy atom. The van der Waals surface area contributed by atoms with Gasteiger partial charge in [0.05, 0.1) is 21.8 Å². The van der Waals surface area contributed by atoms with Crippen molar-refractivity contribution in [1.82, 2.24) is 25.2 Å². The lowest BCUT2D eigenvalue weighted by molar-refractivity contribution is -0.120. The summed E-state index contributed by atoms with van der Waals surface area (Å²) in [5, 5.41) is 12.8. The topological polar surface area (TPSA) is 165 Å². The second kappa shape index (κ2) is 19.1. The molecule has 2 aromatic heterocycles. The summed E-state index contributed by atoms with van der Waals surface area (Å²) in [5.41, 5.74) is 3.55. The van der Waals surface area contributed by atoms with Crippen LogP contribution in [0.25, 0.3) is 0 Å². The molecule has 53 heavy (non-hydrogen) atoms. The number of rotatable bonds is 13. The van der Waals surface area contributed by atoms with Crippen molar-refractivity contribution in [2.45, 2.75) is 46.0 Å². The highest BCUT2D eigenvalue weighted by molar-refractivity contribution is 7.17. The van der Waals surface area contributed by atoms with E-state index in [-0.39, 0.29) is 18.2 Å². The lowest BCUT2D eigenvalue weighted by atomic mass is 10.1. The average Bonchev–Trinajstić information content (AvgIpc) is 3.60. The van der Waals surface area contributed by atoms with Crippen LogP contribution in [-0.2, 0) is 9.59 Å². The number of halogens is 1. The number of hydrogen-bond acceptors (Lipinski definition) is 12. The number of aromatic nitrogens is 3. The van der Waals surface area contributed by atoms with Gasteiger partial charge in [0.1, 0.15) is 17.5 Å². The molecule has 0 unspecified atom stereocenters. The number of imide groups is 1. The van der Waals surface area contributed by atoms with Crippen molar-refractivity contribution in [3.8, 4) is 0 Å². The molecular formula is C37H45ClN10O4S. The van der Waals surface area contributed by atoms with Gasteiger partial charge >= 0.3 is 6.03 Å². The van der Waals surface area contributed by atoms with Gasteiger partial charge < -0.3 is 20.9 Å². The van der Waals surface area contributed by atoms with Crippen molar-refractivity contribution in [3.63, 3.8) is 0 Å². The standard InChI is InChI=1S/C29H35N9O4S.C8H10ClN/c1-20-31-24(34-28-30-18-23(19-39)43-28)17-25(32-20)37-15-13-36(14-16-37)11-4-2-3-5-26(40)33-21-6-8-22(9-7-21)38-12-10-27(41)35-29(38)42;1-6-4-3-5-7(9)8(6)10-2/h6-9,17-19H,2-5,10-16H2,1H3,(H,33,40)(H,35,41,42)(H,30,31,32,34);3-5,10H,1-2H3. The predicted molar refractivity (Wildman–Crippen MR) is 211 cm³/mol. The number of anilines is 6. The minimum absolute atomic E-state index is 0.0317. The van der Waals surface area contributed by atoms with E-state index in [0.29, 0.717) is 46.0 Å². The van der Waals surface area contributed by atoms with Crippen molar-refractivity contribution >= 4 is 80.9 Å². The third-order valence-electron chi connectivity index (χ3n) is 8.76. The lowest BCUT2D eigenvalue weighted by Crippen LogP contribution is -2.49. The van der Waals surface area contributed by atoms with E-state index in [9.17, 15) is 19.2 Å². The van der Waals surface area contributed by atoms with Crippen LogP contribution in [-0.4, -0.2) is 90.3 Å². The van der Waals surface area contributed by atoms with Crippen molar-refractivity contribution in [2.24, 2.45) is 0 Å². The van der Waals surface area contributed by atoms with Crippen LogP contribution < -0.4 is 31.1 Å². The average molecular weight is 761 g/mol.